The molecule has 0 fully saturated rings. The Hall–Kier alpha value is -0.520. The van der Waals surface area contributed by atoms with E-state index in [0.29, 0.717) is 0 Å². The minimum atomic E-state index is 1.20. The molecule has 1 aliphatic carbocycles. The Balaban J connectivity index is 2.73. The van der Waals surface area contributed by atoms with Crippen molar-refractivity contribution in [1.82, 2.24) is 0 Å². The Bertz CT molecular complexity index is 123. The molecule has 0 amide bonds. The summed E-state index contributed by atoms with van der Waals surface area (Å²) >= 11 is 0. The highest BCUT2D eigenvalue weighted by atomic mass is 14.0. The van der Waals surface area contributed by atoms with Gasteiger partial charge in [-0.05, 0) is 25.8 Å². The van der Waals surface area contributed by atoms with Gasteiger partial charge in [0.1, 0.15) is 0 Å². The fourth-order valence-electron chi connectivity index (χ4n) is 0.606. The average molecular weight is 94.2 g/mol. The first-order valence-corrected chi connectivity index (χ1v) is 2.63. The predicted molar refractivity (Wildman–Crippen MR) is 32.1 cm³/mol. The maximum absolute atomic E-state index is 2.18. The highest BCUT2D eigenvalue weighted by molar-refractivity contribution is 5.33. The Labute approximate surface area is 44.5 Å². The lowest BCUT2D eigenvalue weighted by Gasteiger charge is -2.07. The Kier molecular flexibility index (Phi) is 1.01. The molecule has 0 nitrogen and oxygen atoms in total. The summed E-state index contributed by atoms with van der Waals surface area (Å²) in [5.41, 5.74) is 2.97. The topological polar surface area (TPSA) is 0 Å². The molecule has 0 aromatic rings. The fraction of sp³-hybridized carbons (Fsp3) is 0.429. The van der Waals surface area contributed by atoms with Gasteiger partial charge in [-0.15, -0.1) is 0 Å². The van der Waals surface area contributed by atoms with E-state index >= 15 is 0 Å². The molecule has 0 aliphatic heterocycles. The van der Waals surface area contributed by atoms with Crippen LogP contribution in [0.15, 0.2) is 23.3 Å². The first-order valence-electron chi connectivity index (χ1n) is 2.63. The molecule has 0 aromatic heterocycles. The highest BCUT2D eigenvalue weighted by Gasteiger charge is 1.98. The molecule has 0 atom stereocenters. The molecule has 7 heavy (non-hydrogen) atoms. The zero-order chi connectivity index (χ0) is 5.28. The van der Waals surface area contributed by atoms with E-state index in [1.807, 2.05) is 0 Å². The third-order valence-electron chi connectivity index (χ3n) is 1.30. The van der Waals surface area contributed by atoms with Crippen LogP contribution in [-0.2, 0) is 0 Å². The van der Waals surface area contributed by atoms with Gasteiger partial charge in [-0.25, -0.2) is 0 Å². The molecule has 0 heteroatoms. The summed E-state index contributed by atoms with van der Waals surface area (Å²) in [6, 6.07) is 0. The molecule has 0 N–H and O–H groups in total. The monoisotopic (exact) mass is 94.1 g/mol. The van der Waals surface area contributed by atoms with Crippen LogP contribution in [-0.4, -0.2) is 0 Å². The highest BCUT2D eigenvalue weighted by Crippen LogP contribution is 2.18. The van der Waals surface area contributed by atoms with Crippen LogP contribution in [0.5, 0.6) is 0 Å². The fourth-order valence-corrected chi connectivity index (χ4v) is 0.606. The maximum atomic E-state index is 2.18. The third-order valence-corrected chi connectivity index (χ3v) is 1.30. The van der Waals surface area contributed by atoms with Crippen molar-refractivity contribution in [2.24, 2.45) is 0 Å². The van der Waals surface area contributed by atoms with E-state index in [2.05, 4.69) is 26.0 Å². The summed E-state index contributed by atoms with van der Waals surface area (Å²) in [4.78, 5) is 0. The molecule has 0 bridgehead atoms. The molecule has 0 spiro atoms. The van der Waals surface area contributed by atoms with Crippen LogP contribution in [0.2, 0.25) is 0 Å². The van der Waals surface area contributed by atoms with E-state index in [4.69, 9.17) is 0 Å². The van der Waals surface area contributed by atoms with Crippen LogP contribution in [0.3, 0.4) is 0 Å². The van der Waals surface area contributed by atoms with Gasteiger partial charge in [0.2, 0.25) is 0 Å². The first kappa shape index (κ1) is 4.63. The van der Waals surface area contributed by atoms with Crippen molar-refractivity contribution >= 4 is 0 Å². The second-order valence-electron chi connectivity index (χ2n) is 2.13. The molecule has 0 saturated carbocycles. The lowest BCUT2D eigenvalue weighted by Crippen LogP contribution is -1.87. The minimum Gasteiger partial charge on any atom is -0.0799 e. The normalized spacial score (nSPS) is 16.6. The molecule has 38 valence electrons. The Morgan fingerprint density at radius 2 is 2.14 bits per heavy atom. The smallest absolute Gasteiger partial charge is 0.00950 e. The minimum absolute atomic E-state index is 1.20. The van der Waals surface area contributed by atoms with Gasteiger partial charge >= 0.3 is 0 Å². The predicted octanol–water partition coefficient (Wildman–Crippen LogP) is 2.28. The summed E-state index contributed by atoms with van der Waals surface area (Å²) < 4.78 is 0. The van der Waals surface area contributed by atoms with E-state index in [-0.39, 0.29) is 0 Å². The first-order chi connectivity index (χ1) is 3.30. The zero-order valence-electron chi connectivity index (χ0n) is 4.86. The van der Waals surface area contributed by atoms with E-state index in [1.165, 1.54) is 17.6 Å². The van der Waals surface area contributed by atoms with Gasteiger partial charge in [0.25, 0.3) is 0 Å². The summed E-state index contributed by atoms with van der Waals surface area (Å²) in [7, 11) is 0. The molecule has 0 saturated heterocycles. The summed E-state index contributed by atoms with van der Waals surface area (Å²) in [5, 5.41) is 0. The number of rotatable bonds is 0. The van der Waals surface area contributed by atoms with Crippen molar-refractivity contribution in [2.75, 3.05) is 0 Å². The van der Waals surface area contributed by atoms with Crippen LogP contribution in [0.25, 0.3) is 0 Å². The van der Waals surface area contributed by atoms with Crippen molar-refractivity contribution in [2.45, 2.75) is 20.3 Å². The molecule has 1 rings (SSSR count). The summed E-state index contributed by atoms with van der Waals surface area (Å²) in [6.45, 7) is 4.30. The standard InChI is InChI=1S/C7H10/c1-6(2)7-4-3-5-7/h3-4H,5H2,1-2H3. The van der Waals surface area contributed by atoms with Crippen molar-refractivity contribution in [3.8, 4) is 0 Å². The van der Waals surface area contributed by atoms with Gasteiger partial charge in [-0.2, -0.15) is 0 Å². The molecule has 1 aliphatic rings. The number of hydrogen-bond donors (Lipinski definition) is 0. The second-order valence-corrected chi connectivity index (χ2v) is 2.13. The molecule has 0 heterocycles. The number of allylic oxidation sites excluding steroid dienone is 4. The largest absolute Gasteiger partial charge is 0.0799 e. The lowest BCUT2D eigenvalue weighted by atomic mass is 9.99. The molecular weight excluding hydrogens is 84.1 g/mol. The average Bonchev–Trinajstić information content (AvgIpc) is 1.23. The molecule has 0 aromatic carbocycles. The Morgan fingerprint density at radius 3 is 2.14 bits per heavy atom. The second kappa shape index (κ2) is 1.53. The van der Waals surface area contributed by atoms with Gasteiger partial charge in [-0.3, -0.25) is 0 Å². The van der Waals surface area contributed by atoms with Crippen molar-refractivity contribution in [1.29, 1.82) is 0 Å². The molecular formula is C7H10. The zero-order valence-corrected chi connectivity index (χ0v) is 4.86. The lowest BCUT2D eigenvalue weighted by molar-refractivity contribution is 1.12. The van der Waals surface area contributed by atoms with Crippen LogP contribution >= 0.6 is 0 Å². The quantitative estimate of drug-likeness (QED) is 0.432. The maximum Gasteiger partial charge on any atom is -0.00950 e. The third kappa shape index (κ3) is 0.738. The number of hydrogen-bond acceptors (Lipinski definition) is 0. The van der Waals surface area contributed by atoms with Gasteiger partial charge in [0.15, 0.2) is 0 Å². The van der Waals surface area contributed by atoms with E-state index in [1.54, 1.807) is 0 Å². The van der Waals surface area contributed by atoms with Gasteiger partial charge in [0.05, 0.1) is 0 Å². The van der Waals surface area contributed by atoms with Crippen molar-refractivity contribution in [3.05, 3.63) is 23.3 Å². The molecule has 0 radical (unpaired) electrons. The van der Waals surface area contributed by atoms with E-state index in [0.717, 1.165) is 0 Å². The van der Waals surface area contributed by atoms with E-state index in [9.17, 15) is 0 Å². The van der Waals surface area contributed by atoms with Crippen molar-refractivity contribution in [3.63, 3.8) is 0 Å². The van der Waals surface area contributed by atoms with Crippen LogP contribution in [0.4, 0.5) is 0 Å². The van der Waals surface area contributed by atoms with Gasteiger partial charge in [0, 0.05) is 0 Å². The van der Waals surface area contributed by atoms with Gasteiger partial charge < -0.3 is 0 Å². The van der Waals surface area contributed by atoms with Crippen molar-refractivity contribution < 1.29 is 0 Å². The Morgan fingerprint density at radius 1 is 1.57 bits per heavy atom. The van der Waals surface area contributed by atoms with Crippen LogP contribution in [0.1, 0.15) is 20.3 Å². The van der Waals surface area contributed by atoms with Crippen LogP contribution < -0.4 is 0 Å². The van der Waals surface area contributed by atoms with Gasteiger partial charge in [-0.1, -0.05) is 17.7 Å². The summed E-state index contributed by atoms with van der Waals surface area (Å²) in [5.74, 6) is 0. The van der Waals surface area contributed by atoms with E-state index < -0.39 is 0 Å². The SMILES string of the molecule is CC(C)=C1C=CC1. The summed E-state index contributed by atoms with van der Waals surface area (Å²) in [6.07, 6.45) is 5.56. The van der Waals surface area contributed by atoms with Crippen LogP contribution in [0, 0.1) is 0 Å². The molecule has 0 unspecified atom stereocenters.